The van der Waals surface area contributed by atoms with Crippen LogP contribution in [-0.2, 0) is 0 Å². The molecule has 0 aliphatic heterocycles. The maximum Gasteiger partial charge on any atom is 0.141 e. The average molecular weight is 195 g/mol. The van der Waals surface area contributed by atoms with E-state index in [0.717, 1.165) is 5.69 Å². The van der Waals surface area contributed by atoms with Crippen LogP contribution in [0, 0.1) is 17.7 Å². The fourth-order valence-electron chi connectivity index (χ4n) is 2.36. The predicted molar refractivity (Wildman–Crippen MR) is 51.3 cm³/mol. The first-order valence-corrected chi connectivity index (χ1v) is 4.91. The molecular weight excluding hydrogens is 181 g/mol. The monoisotopic (exact) mass is 195 g/mol. The van der Waals surface area contributed by atoms with Crippen molar-refractivity contribution in [2.45, 2.75) is 25.9 Å². The van der Waals surface area contributed by atoms with Crippen molar-refractivity contribution >= 4 is 0 Å². The third kappa shape index (κ3) is 1.32. The molecule has 2 nitrogen and oxygen atoms in total. The summed E-state index contributed by atoms with van der Waals surface area (Å²) in [7, 11) is 0. The smallest absolute Gasteiger partial charge is 0.141 e. The highest BCUT2D eigenvalue weighted by atomic mass is 19.1. The lowest BCUT2D eigenvalue weighted by Gasteiger charge is -2.45. The Hall–Kier alpha value is -0.960. The molecule has 1 aromatic heterocycles. The van der Waals surface area contributed by atoms with Gasteiger partial charge in [-0.05, 0) is 24.0 Å². The fraction of sp³-hybridized carbons (Fsp3) is 0.545. The fourth-order valence-corrected chi connectivity index (χ4v) is 2.36. The Morgan fingerprint density at radius 1 is 1.29 bits per heavy atom. The molecule has 1 N–H and O–H groups in total. The molecule has 76 valence electrons. The average Bonchev–Trinajstić information content (AvgIpc) is 2.21. The standard InChI is InChI=1S/C11H14FNO/c1-6-10(7(2)11(6)14)9-4-3-8(12)5-13-9/h3-7,10-11,14H,1-2H3. The van der Waals surface area contributed by atoms with Crippen LogP contribution >= 0.6 is 0 Å². The topological polar surface area (TPSA) is 33.1 Å². The maximum absolute atomic E-state index is 12.6. The normalized spacial score (nSPS) is 36.6. The zero-order valence-corrected chi connectivity index (χ0v) is 8.31. The largest absolute Gasteiger partial charge is 0.393 e. The van der Waals surface area contributed by atoms with Gasteiger partial charge in [-0.25, -0.2) is 4.39 Å². The molecule has 1 aliphatic rings. The minimum absolute atomic E-state index is 0.225. The minimum atomic E-state index is -0.311. The molecule has 2 unspecified atom stereocenters. The zero-order chi connectivity index (χ0) is 10.3. The van der Waals surface area contributed by atoms with Gasteiger partial charge in [-0.1, -0.05) is 13.8 Å². The van der Waals surface area contributed by atoms with Crippen LogP contribution in [0.3, 0.4) is 0 Å². The van der Waals surface area contributed by atoms with Crippen molar-refractivity contribution in [3.05, 3.63) is 29.8 Å². The van der Waals surface area contributed by atoms with E-state index in [9.17, 15) is 9.50 Å². The predicted octanol–water partition coefficient (Wildman–Crippen LogP) is 1.95. The van der Waals surface area contributed by atoms with Crippen LogP contribution in [0.2, 0.25) is 0 Å². The molecule has 0 amide bonds. The van der Waals surface area contributed by atoms with E-state index in [-0.39, 0.29) is 29.7 Å². The Morgan fingerprint density at radius 2 is 1.93 bits per heavy atom. The van der Waals surface area contributed by atoms with Crippen LogP contribution in [0.1, 0.15) is 25.5 Å². The molecule has 0 aromatic carbocycles. The highest BCUT2D eigenvalue weighted by Crippen LogP contribution is 2.46. The zero-order valence-electron chi connectivity index (χ0n) is 8.31. The summed E-state index contributed by atoms with van der Waals surface area (Å²) < 4.78 is 12.6. The number of aliphatic hydroxyl groups excluding tert-OH is 1. The highest BCUT2D eigenvalue weighted by Gasteiger charge is 2.45. The summed E-state index contributed by atoms with van der Waals surface area (Å²) in [5, 5.41) is 9.57. The van der Waals surface area contributed by atoms with Gasteiger partial charge in [0.15, 0.2) is 0 Å². The van der Waals surface area contributed by atoms with Crippen molar-refractivity contribution < 1.29 is 9.50 Å². The second kappa shape index (κ2) is 3.31. The number of aromatic nitrogens is 1. The van der Waals surface area contributed by atoms with Crippen LogP contribution in [0.4, 0.5) is 4.39 Å². The summed E-state index contributed by atoms with van der Waals surface area (Å²) >= 11 is 0. The van der Waals surface area contributed by atoms with Gasteiger partial charge in [0.1, 0.15) is 5.82 Å². The first-order chi connectivity index (χ1) is 6.61. The summed E-state index contributed by atoms with van der Waals surface area (Å²) in [4.78, 5) is 4.05. The Morgan fingerprint density at radius 3 is 2.43 bits per heavy atom. The van der Waals surface area contributed by atoms with Crippen LogP contribution < -0.4 is 0 Å². The van der Waals surface area contributed by atoms with Gasteiger partial charge in [0.2, 0.25) is 0 Å². The first kappa shape index (κ1) is 9.59. The molecule has 1 aromatic rings. The second-order valence-corrected chi connectivity index (χ2v) is 4.14. The van der Waals surface area contributed by atoms with E-state index >= 15 is 0 Å². The van der Waals surface area contributed by atoms with E-state index in [1.807, 2.05) is 13.8 Å². The van der Waals surface area contributed by atoms with Gasteiger partial charge in [0.05, 0.1) is 12.3 Å². The lowest BCUT2D eigenvalue weighted by atomic mass is 9.62. The third-order valence-electron chi connectivity index (χ3n) is 3.30. The number of hydrogen-bond donors (Lipinski definition) is 1. The maximum atomic E-state index is 12.6. The molecule has 1 heterocycles. The number of pyridine rings is 1. The summed E-state index contributed by atoms with van der Waals surface area (Å²) in [5.41, 5.74) is 0.886. The Bertz CT molecular complexity index is 315. The molecule has 3 heteroatoms. The molecule has 1 fully saturated rings. The number of halogens is 1. The quantitative estimate of drug-likeness (QED) is 0.743. The van der Waals surface area contributed by atoms with Gasteiger partial charge in [0, 0.05) is 11.6 Å². The van der Waals surface area contributed by atoms with E-state index in [1.54, 1.807) is 6.07 Å². The molecule has 1 aliphatic carbocycles. The lowest BCUT2D eigenvalue weighted by Crippen LogP contribution is -2.46. The van der Waals surface area contributed by atoms with Crippen molar-refractivity contribution in [2.24, 2.45) is 11.8 Å². The molecule has 0 spiro atoms. The number of rotatable bonds is 1. The molecule has 1 saturated carbocycles. The van der Waals surface area contributed by atoms with Crippen molar-refractivity contribution in [3.63, 3.8) is 0 Å². The number of nitrogens with zero attached hydrogens (tertiary/aromatic N) is 1. The van der Waals surface area contributed by atoms with E-state index in [0.29, 0.717) is 0 Å². The molecule has 0 bridgehead atoms. The van der Waals surface area contributed by atoms with Gasteiger partial charge in [-0.3, -0.25) is 4.98 Å². The molecule has 0 saturated heterocycles. The van der Waals surface area contributed by atoms with E-state index in [1.165, 1.54) is 12.3 Å². The molecule has 2 atom stereocenters. The Balaban J connectivity index is 2.20. The summed E-state index contributed by atoms with van der Waals surface area (Å²) in [5.74, 6) is 0.408. The Labute approximate surface area is 82.8 Å². The summed E-state index contributed by atoms with van der Waals surface area (Å²) in [6, 6.07) is 3.13. The second-order valence-electron chi connectivity index (χ2n) is 4.14. The first-order valence-electron chi connectivity index (χ1n) is 4.91. The molecule has 14 heavy (non-hydrogen) atoms. The van der Waals surface area contributed by atoms with Gasteiger partial charge in [0.25, 0.3) is 0 Å². The molecule has 2 rings (SSSR count). The molecule has 0 radical (unpaired) electrons. The number of aliphatic hydroxyl groups is 1. The number of hydrogen-bond acceptors (Lipinski definition) is 2. The highest BCUT2D eigenvalue weighted by molar-refractivity contribution is 5.18. The SMILES string of the molecule is CC1C(O)C(C)C1c1ccc(F)cn1. The van der Waals surface area contributed by atoms with Crippen molar-refractivity contribution in [1.29, 1.82) is 0 Å². The van der Waals surface area contributed by atoms with Gasteiger partial charge in [-0.15, -0.1) is 0 Å². The van der Waals surface area contributed by atoms with Crippen LogP contribution in [0.25, 0.3) is 0 Å². The molecular formula is C11H14FNO. The van der Waals surface area contributed by atoms with E-state index in [4.69, 9.17) is 0 Å². The lowest BCUT2D eigenvalue weighted by molar-refractivity contribution is -0.0488. The summed E-state index contributed by atoms with van der Waals surface area (Å²) in [6.07, 6.45) is 0.992. The van der Waals surface area contributed by atoms with Crippen molar-refractivity contribution in [1.82, 2.24) is 4.98 Å². The van der Waals surface area contributed by atoms with E-state index in [2.05, 4.69) is 4.98 Å². The Kier molecular flexibility index (Phi) is 2.27. The van der Waals surface area contributed by atoms with Crippen molar-refractivity contribution in [3.8, 4) is 0 Å². The minimum Gasteiger partial charge on any atom is -0.393 e. The van der Waals surface area contributed by atoms with Crippen LogP contribution in [0.5, 0.6) is 0 Å². The third-order valence-corrected chi connectivity index (χ3v) is 3.30. The van der Waals surface area contributed by atoms with Crippen LogP contribution in [0.15, 0.2) is 18.3 Å². The van der Waals surface area contributed by atoms with Gasteiger partial charge in [-0.2, -0.15) is 0 Å². The van der Waals surface area contributed by atoms with Crippen molar-refractivity contribution in [2.75, 3.05) is 0 Å². The summed E-state index contributed by atoms with van der Waals surface area (Å²) in [6.45, 7) is 4.00. The van der Waals surface area contributed by atoms with Gasteiger partial charge < -0.3 is 5.11 Å². The van der Waals surface area contributed by atoms with E-state index < -0.39 is 0 Å². The van der Waals surface area contributed by atoms with Crippen LogP contribution in [-0.4, -0.2) is 16.2 Å². The van der Waals surface area contributed by atoms with Gasteiger partial charge >= 0.3 is 0 Å².